The van der Waals surface area contributed by atoms with E-state index in [1.807, 2.05) is 54.7 Å². The minimum atomic E-state index is 0. The highest BCUT2D eigenvalue weighted by atomic mass is 35.5. The summed E-state index contributed by atoms with van der Waals surface area (Å²) in [5, 5.41) is 1.02. The summed E-state index contributed by atoms with van der Waals surface area (Å²) in [6.45, 7) is 2.68. The van der Waals surface area contributed by atoms with Crippen LogP contribution in [0.5, 0.6) is 0 Å². The average Bonchev–Trinajstić information content (AvgIpc) is 3.14. The molecule has 0 N–H and O–H groups in total. The molecule has 3 aromatic rings. The number of thioether (sulfide) groups is 1. The summed E-state index contributed by atoms with van der Waals surface area (Å²) in [6.07, 6.45) is 6.12. The number of benzene rings is 1. The van der Waals surface area contributed by atoms with Crippen molar-refractivity contribution in [3.8, 4) is 0 Å². The van der Waals surface area contributed by atoms with E-state index >= 15 is 0 Å². The van der Waals surface area contributed by atoms with Gasteiger partial charge in [-0.2, -0.15) is 0 Å². The summed E-state index contributed by atoms with van der Waals surface area (Å²) in [7, 11) is 4.03. The van der Waals surface area contributed by atoms with Crippen molar-refractivity contribution in [1.29, 1.82) is 0 Å². The lowest BCUT2D eigenvalue weighted by Gasteiger charge is -2.11. The van der Waals surface area contributed by atoms with Crippen LogP contribution in [-0.2, 0) is 13.6 Å². The summed E-state index contributed by atoms with van der Waals surface area (Å²) < 4.78 is 5.65. The third-order valence-corrected chi connectivity index (χ3v) is 6.94. The predicted octanol–water partition coefficient (Wildman–Crippen LogP) is -1.11. The summed E-state index contributed by atoms with van der Waals surface area (Å²) in [5.41, 5.74) is 2.34. The molecule has 0 bridgehead atoms. The number of aryl methyl sites for hydroxylation is 1. The molecule has 0 spiro atoms. The van der Waals surface area contributed by atoms with Gasteiger partial charge in [-0.1, -0.05) is 23.9 Å². The topological polar surface area (TPSA) is 29.1 Å². The van der Waals surface area contributed by atoms with Crippen LogP contribution in [0.4, 0.5) is 5.69 Å². The molecule has 0 aliphatic carbocycles. The fourth-order valence-electron chi connectivity index (χ4n) is 3.02. The van der Waals surface area contributed by atoms with Crippen LogP contribution in [0.25, 0.3) is 11.1 Å². The second kappa shape index (κ2) is 7.92. The highest BCUT2D eigenvalue weighted by Gasteiger charge is 2.24. The number of anilines is 1. The van der Waals surface area contributed by atoms with E-state index in [0.29, 0.717) is 6.54 Å². The Balaban J connectivity index is 0.00000210. The fourth-order valence-corrected chi connectivity index (χ4v) is 5.50. The summed E-state index contributed by atoms with van der Waals surface area (Å²) >= 11 is 3.24. The van der Waals surface area contributed by atoms with Gasteiger partial charge in [0.25, 0.3) is 5.56 Å². The highest BCUT2D eigenvalue weighted by Crippen LogP contribution is 2.44. The number of halogens is 1. The average molecular weight is 418 g/mol. The van der Waals surface area contributed by atoms with E-state index in [0.717, 1.165) is 25.5 Å². The number of aromatic nitrogens is 2. The van der Waals surface area contributed by atoms with Crippen molar-refractivity contribution in [2.45, 2.75) is 18.4 Å². The molecule has 0 unspecified atom stereocenters. The van der Waals surface area contributed by atoms with Gasteiger partial charge in [-0.15, -0.1) is 11.3 Å². The lowest BCUT2D eigenvalue weighted by atomic mass is 10.3. The number of nitrogens with zero attached hydrogens (tertiary/aromatic N) is 3. The zero-order chi connectivity index (χ0) is 18.3. The Kier molecular flexibility index (Phi) is 5.79. The normalized spacial score (nSPS) is 15.7. The minimum Gasteiger partial charge on any atom is -1.00 e. The summed E-state index contributed by atoms with van der Waals surface area (Å²) in [5.74, 6) is 0. The molecule has 4 rings (SSSR count). The van der Waals surface area contributed by atoms with Crippen molar-refractivity contribution in [2.75, 3.05) is 11.9 Å². The van der Waals surface area contributed by atoms with Gasteiger partial charge in [-0.25, -0.2) is 4.57 Å². The lowest BCUT2D eigenvalue weighted by molar-refractivity contribution is -0.671. The van der Waals surface area contributed by atoms with Crippen molar-refractivity contribution in [1.82, 2.24) is 4.57 Å². The molecule has 1 aliphatic rings. The molecule has 0 amide bonds. The molecule has 7 heteroatoms. The number of thiazole rings is 1. The van der Waals surface area contributed by atoms with Gasteiger partial charge in [0.1, 0.15) is 16.6 Å². The Morgan fingerprint density at radius 1 is 1.15 bits per heavy atom. The molecule has 1 aromatic carbocycles. The highest BCUT2D eigenvalue weighted by molar-refractivity contribution is 8.08. The lowest BCUT2D eigenvalue weighted by Crippen LogP contribution is -3.00. The maximum Gasteiger partial charge on any atom is 0.271 e. The van der Waals surface area contributed by atoms with Crippen LogP contribution in [0.1, 0.15) is 12.5 Å². The Bertz CT molecular complexity index is 1150. The monoisotopic (exact) mass is 417 g/mol. The second-order valence-electron chi connectivity index (χ2n) is 6.19. The minimum absolute atomic E-state index is 0. The third kappa shape index (κ3) is 3.57. The maximum atomic E-state index is 13.0. The number of hydrogen-bond donors (Lipinski definition) is 0. The van der Waals surface area contributed by atoms with Crippen molar-refractivity contribution < 1.29 is 17.0 Å². The standard InChI is InChI=1S/C20H20N3OS2.ClH/c1-4-23-17(13-14-9-11-21(2)12-10-14)26-18(19(23)24)20-22(3)15-7-5-6-8-16(15)25-20;/h5-13H,4H2,1-3H3;1H/q+1;/p-1/b20-18+;. The first-order chi connectivity index (χ1) is 12.6. The number of pyridine rings is 1. The van der Waals surface area contributed by atoms with Gasteiger partial charge < -0.3 is 17.3 Å². The third-order valence-electron chi connectivity index (χ3n) is 4.45. The molecule has 0 radical (unpaired) electrons. The zero-order valence-corrected chi connectivity index (χ0v) is 17.7. The molecular weight excluding hydrogens is 398 g/mol. The van der Waals surface area contributed by atoms with E-state index in [-0.39, 0.29) is 18.0 Å². The van der Waals surface area contributed by atoms with Gasteiger partial charge in [0, 0.05) is 30.6 Å². The van der Waals surface area contributed by atoms with E-state index in [1.54, 1.807) is 23.1 Å². The van der Waals surface area contributed by atoms with Crippen LogP contribution >= 0.6 is 23.1 Å². The molecule has 3 heterocycles. The first-order valence-corrected chi connectivity index (χ1v) is 10.1. The van der Waals surface area contributed by atoms with Gasteiger partial charge in [-0.05, 0) is 30.7 Å². The molecule has 2 aromatic heterocycles. The smallest absolute Gasteiger partial charge is 0.271 e. The Morgan fingerprint density at radius 3 is 2.52 bits per heavy atom. The van der Waals surface area contributed by atoms with Crippen LogP contribution in [0.2, 0.25) is 0 Å². The van der Waals surface area contributed by atoms with Crippen LogP contribution < -0.4 is 36.6 Å². The van der Waals surface area contributed by atoms with Gasteiger partial charge in [-0.3, -0.25) is 9.36 Å². The van der Waals surface area contributed by atoms with Crippen molar-refractivity contribution >= 4 is 39.9 Å². The summed E-state index contributed by atoms with van der Waals surface area (Å²) in [4.78, 5) is 16.4. The number of rotatable bonds is 2. The quantitative estimate of drug-likeness (QED) is 0.495. The maximum absolute atomic E-state index is 13.0. The van der Waals surface area contributed by atoms with Gasteiger partial charge in [0.05, 0.1) is 10.4 Å². The van der Waals surface area contributed by atoms with Crippen molar-refractivity contribution in [3.63, 3.8) is 0 Å². The molecule has 0 fully saturated rings. The fraction of sp³-hybridized carbons (Fsp3) is 0.200. The second-order valence-corrected chi connectivity index (χ2v) is 8.26. The number of para-hydroxylation sites is 1. The number of hydrogen-bond acceptors (Lipinski definition) is 4. The Labute approximate surface area is 172 Å². The zero-order valence-electron chi connectivity index (χ0n) is 15.3. The molecular formula is C20H20ClN3OS2. The van der Waals surface area contributed by atoms with Crippen LogP contribution in [0, 0.1) is 0 Å². The van der Waals surface area contributed by atoms with E-state index < -0.39 is 0 Å². The SMILES string of the molecule is CCn1c(=O)/c(=C2\Sc3ccccc3N2C)s/c1=C\c1cc[n+](C)cc1.[Cl-]. The first kappa shape index (κ1) is 19.7. The van der Waals surface area contributed by atoms with E-state index in [1.165, 1.54) is 4.90 Å². The Hall–Kier alpha value is -2.02. The van der Waals surface area contributed by atoms with Crippen molar-refractivity contribution in [2.24, 2.45) is 7.05 Å². The van der Waals surface area contributed by atoms with E-state index in [2.05, 4.69) is 35.2 Å². The Morgan fingerprint density at radius 2 is 1.85 bits per heavy atom. The van der Waals surface area contributed by atoms with E-state index in [4.69, 9.17) is 0 Å². The van der Waals surface area contributed by atoms with Crippen LogP contribution in [0.3, 0.4) is 0 Å². The van der Waals surface area contributed by atoms with Crippen molar-refractivity contribution in [3.05, 3.63) is 73.9 Å². The molecule has 4 nitrogen and oxygen atoms in total. The molecule has 0 saturated heterocycles. The molecule has 0 saturated carbocycles. The van der Waals surface area contributed by atoms with E-state index in [9.17, 15) is 4.79 Å². The molecule has 27 heavy (non-hydrogen) atoms. The molecule has 1 aliphatic heterocycles. The number of fused-ring (bicyclic) bond motifs is 1. The van der Waals surface area contributed by atoms with Crippen LogP contribution in [0.15, 0.2) is 58.5 Å². The van der Waals surface area contributed by atoms with Gasteiger partial charge in [0.2, 0.25) is 0 Å². The summed E-state index contributed by atoms with van der Waals surface area (Å²) in [6, 6.07) is 12.4. The predicted molar refractivity (Wildman–Crippen MR) is 109 cm³/mol. The van der Waals surface area contributed by atoms with Gasteiger partial charge >= 0.3 is 0 Å². The van der Waals surface area contributed by atoms with Gasteiger partial charge in [0.15, 0.2) is 12.4 Å². The molecule has 140 valence electrons. The van der Waals surface area contributed by atoms with Crippen LogP contribution in [-0.4, -0.2) is 11.6 Å². The largest absolute Gasteiger partial charge is 1.00 e. The molecule has 0 atom stereocenters. The first-order valence-electron chi connectivity index (χ1n) is 8.50.